The molecule has 5 nitrogen and oxygen atoms in total. The second-order valence-corrected chi connectivity index (χ2v) is 7.00. The number of fused-ring (bicyclic) bond motifs is 2. The third kappa shape index (κ3) is 3.59. The number of pyridine rings is 2. The number of aromatic nitrogens is 2. The van der Waals surface area contributed by atoms with E-state index in [4.69, 9.17) is 11.6 Å². The van der Waals surface area contributed by atoms with Gasteiger partial charge in [0.15, 0.2) is 5.82 Å². The molecule has 29 heavy (non-hydrogen) atoms. The van der Waals surface area contributed by atoms with E-state index in [0.29, 0.717) is 34.6 Å². The summed E-state index contributed by atoms with van der Waals surface area (Å²) in [6.07, 6.45) is 5.27. The lowest BCUT2D eigenvalue weighted by atomic mass is 10.1. The van der Waals surface area contributed by atoms with Crippen LogP contribution in [0.2, 0.25) is 5.15 Å². The lowest BCUT2D eigenvalue weighted by Gasteiger charge is -2.22. The van der Waals surface area contributed by atoms with E-state index in [1.807, 2.05) is 11.8 Å². The molecule has 0 N–H and O–H groups in total. The molecule has 1 aliphatic rings. The van der Waals surface area contributed by atoms with Gasteiger partial charge in [0.1, 0.15) is 16.8 Å². The highest BCUT2D eigenvalue weighted by atomic mass is 35.5. The zero-order chi connectivity index (χ0) is 20.5. The van der Waals surface area contributed by atoms with Crippen molar-refractivity contribution in [1.29, 1.82) is 0 Å². The number of rotatable bonds is 3. The summed E-state index contributed by atoms with van der Waals surface area (Å²) in [6, 6.07) is 11.5. The maximum absolute atomic E-state index is 13.4. The van der Waals surface area contributed by atoms with Gasteiger partial charge in [-0.1, -0.05) is 35.9 Å². The van der Waals surface area contributed by atoms with Crippen LogP contribution in [0.3, 0.4) is 0 Å². The lowest BCUT2D eigenvalue weighted by molar-refractivity contribution is 0.0994. The van der Waals surface area contributed by atoms with E-state index in [1.54, 1.807) is 60.6 Å². The van der Waals surface area contributed by atoms with E-state index >= 15 is 0 Å². The van der Waals surface area contributed by atoms with Crippen molar-refractivity contribution in [3.8, 4) is 0 Å². The van der Waals surface area contributed by atoms with Gasteiger partial charge < -0.3 is 9.80 Å². The van der Waals surface area contributed by atoms with Gasteiger partial charge >= 0.3 is 0 Å². The summed E-state index contributed by atoms with van der Waals surface area (Å²) in [4.78, 5) is 25.5. The lowest BCUT2D eigenvalue weighted by Crippen LogP contribution is -2.25. The number of nitrogens with zero attached hydrogens (tertiary/aromatic N) is 4. The molecule has 0 fully saturated rings. The molecular weight excluding hydrogens is 391 g/mol. The number of amides is 1. The second kappa shape index (κ2) is 7.64. The van der Waals surface area contributed by atoms with E-state index in [9.17, 15) is 9.18 Å². The quantitative estimate of drug-likeness (QED) is 0.560. The molecule has 0 saturated carbocycles. The van der Waals surface area contributed by atoms with Crippen LogP contribution >= 0.6 is 11.6 Å². The third-order valence-corrected chi connectivity index (χ3v) is 4.96. The maximum Gasteiger partial charge on any atom is 0.261 e. The molecule has 7 heteroatoms. The molecule has 0 radical (unpaired) electrons. The number of anilines is 3. The number of carbonyl (C=O) groups excluding carboxylic acids is 1. The number of benzene rings is 1. The predicted molar refractivity (Wildman–Crippen MR) is 114 cm³/mol. The minimum Gasteiger partial charge on any atom is -0.309 e. The Morgan fingerprint density at radius 3 is 2.66 bits per heavy atom. The van der Waals surface area contributed by atoms with E-state index in [1.165, 1.54) is 12.1 Å². The fraction of sp³-hybridized carbons (Fsp3) is 0.136. The standard InChI is InChI=1S/C22H18ClFN4O/c1-3-28-20-17(22(29)27(2)18-9-10-19(23)26-21(18)28)12-15(13-25-20)8-7-14-5-4-6-16(24)11-14/h4-13H,3H2,1-2H3. The highest BCUT2D eigenvalue weighted by Crippen LogP contribution is 2.38. The average molecular weight is 409 g/mol. The summed E-state index contributed by atoms with van der Waals surface area (Å²) in [5, 5.41) is 0.348. The molecule has 3 heterocycles. The van der Waals surface area contributed by atoms with Crippen molar-refractivity contribution in [2.45, 2.75) is 6.92 Å². The Bertz CT molecular complexity index is 1130. The van der Waals surface area contributed by atoms with Crippen molar-refractivity contribution in [3.05, 3.63) is 76.3 Å². The summed E-state index contributed by atoms with van der Waals surface area (Å²) < 4.78 is 13.4. The van der Waals surface area contributed by atoms with Gasteiger partial charge in [-0.25, -0.2) is 14.4 Å². The fourth-order valence-corrected chi connectivity index (χ4v) is 3.45. The highest BCUT2D eigenvalue weighted by Gasteiger charge is 2.30. The van der Waals surface area contributed by atoms with Crippen LogP contribution < -0.4 is 9.80 Å². The predicted octanol–water partition coefficient (Wildman–Crippen LogP) is 5.19. The first-order valence-corrected chi connectivity index (χ1v) is 9.51. The number of hydrogen-bond acceptors (Lipinski definition) is 4. The smallest absolute Gasteiger partial charge is 0.261 e. The zero-order valence-corrected chi connectivity index (χ0v) is 16.7. The topological polar surface area (TPSA) is 49.3 Å². The summed E-state index contributed by atoms with van der Waals surface area (Å²) in [5.74, 6) is 0.632. The van der Waals surface area contributed by atoms with Crippen LogP contribution in [0.1, 0.15) is 28.4 Å². The van der Waals surface area contributed by atoms with Crippen LogP contribution in [-0.2, 0) is 0 Å². The minimum absolute atomic E-state index is 0.185. The third-order valence-electron chi connectivity index (χ3n) is 4.75. The van der Waals surface area contributed by atoms with Crippen molar-refractivity contribution in [2.75, 3.05) is 23.4 Å². The first-order valence-electron chi connectivity index (χ1n) is 9.13. The SMILES string of the molecule is CCN1c2ncc(C=Cc3cccc(F)c3)cc2C(=O)N(C)c2ccc(Cl)nc21. The van der Waals surface area contributed by atoms with Gasteiger partial charge in [-0.2, -0.15) is 0 Å². The number of halogens is 2. The Morgan fingerprint density at radius 2 is 1.90 bits per heavy atom. The summed E-state index contributed by atoms with van der Waals surface area (Å²) >= 11 is 6.10. The Morgan fingerprint density at radius 1 is 1.10 bits per heavy atom. The van der Waals surface area contributed by atoms with Crippen LogP contribution in [0.25, 0.3) is 12.2 Å². The van der Waals surface area contributed by atoms with Gasteiger partial charge in [-0.05, 0) is 48.4 Å². The van der Waals surface area contributed by atoms with Crippen molar-refractivity contribution in [2.24, 2.45) is 0 Å². The summed E-state index contributed by atoms with van der Waals surface area (Å²) in [7, 11) is 1.70. The Labute approximate surface area is 173 Å². The average Bonchev–Trinajstić information content (AvgIpc) is 2.80. The van der Waals surface area contributed by atoms with Gasteiger partial charge in [0, 0.05) is 19.8 Å². The van der Waals surface area contributed by atoms with E-state index in [0.717, 1.165) is 11.1 Å². The second-order valence-electron chi connectivity index (χ2n) is 6.61. The minimum atomic E-state index is -0.300. The fourth-order valence-electron chi connectivity index (χ4n) is 3.31. The van der Waals surface area contributed by atoms with Crippen LogP contribution in [0.15, 0.2) is 48.7 Å². The van der Waals surface area contributed by atoms with Gasteiger partial charge in [0.2, 0.25) is 0 Å². The molecule has 0 saturated heterocycles. The molecular formula is C22H18ClFN4O. The molecule has 1 aliphatic heterocycles. The summed E-state index contributed by atoms with van der Waals surface area (Å²) in [6.45, 7) is 2.53. The van der Waals surface area contributed by atoms with Crippen LogP contribution in [0.4, 0.5) is 21.7 Å². The zero-order valence-electron chi connectivity index (χ0n) is 15.9. The van der Waals surface area contributed by atoms with Crippen molar-refractivity contribution < 1.29 is 9.18 Å². The summed E-state index contributed by atoms with van der Waals surface area (Å²) in [5.41, 5.74) is 2.59. The van der Waals surface area contributed by atoms with Gasteiger partial charge in [0.05, 0.1) is 11.3 Å². The largest absolute Gasteiger partial charge is 0.309 e. The molecule has 1 amide bonds. The Hall–Kier alpha value is -3.25. The highest BCUT2D eigenvalue weighted by molar-refractivity contribution is 6.29. The van der Waals surface area contributed by atoms with Gasteiger partial charge in [-0.3, -0.25) is 4.79 Å². The normalized spacial score (nSPS) is 13.4. The van der Waals surface area contributed by atoms with Crippen molar-refractivity contribution in [1.82, 2.24) is 9.97 Å². The molecule has 0 unspecified atom stereocenters. The van der Waals surface area contributed by atoms with Gasteiger partial charge in [0.25, 0.3) is 5.91 Å². The molecule has 146 valence electrons. The molecule has 4 rings (SSSR count). The van der Waals surface area contributed by atoms with Gasteiger partial charge in [-0.15, -0.1) is 0 Å². The Balaban J connectivity index is 1.79. The number of carbonyl (C=O) groups is 1. The number of hydrogen-bond donors (Lipinski definition) is 0. The monoisotopic (exact) mass is 408 g/mol. The van der Waals surface area contributed by atoms with E-state index in [-0.39, 0.29) is 11.7 Å². The van der Waals surface area contributed by atoms with E-state index in [2.05, 4.69) is 9.97 Å². The van der Waals surface area contributed by atoms with Crippen molar-refractivity contribution >= 4 is 47.0 Å². The molecule has 0 aliphatic carbocycles. The van der Waals surface area contributed by atoms with Crippen LogP contribution in [-0.4, -0.2) is 29.5 Å². The first-order chi connectivity index (χ1) is 14.0. The maximum atomic E-state index is 13.4. The molecule has 1 aromatic carbocycles. The van der Waals surface area contributed by atoms with Crippen molar-refractivity contribution in [3.63, 3.8) is 0 Å². The van der Waals surface area contributed by atoms with Crippen LogP contribution in [0, 0.1) is 5.82 Å². The molecule has 3 aromatic rings. The first kappa shape index (κ1) is 19.1. The molecule has 0 bridgehead atoms. The molecule has 2 aromatic heterocycles. The Kier molecular flexibility index (Phi) is 5.03. The van der Waals surface area contributed by atoms with Crippen LogP contribution in [0.5, 0.6) is 0 Å². The van der Waals surface area contributed by atoms with E-state index < -0.39 is 0 Å². The molecule has 0 atom stereocenters. The molecule has 0 spiro atoms.